The van der Waals surface area contributed by atoms with Crippen LogP contribution < -0.4 is 9.97 Å². The fraction of sp³-hybridized carbons (Fsp3) is 0.385. The highest BCUT2D eigenvalue weighted by atomic mass is 19.1. The highest BCUT2D eigenvalue weighted by Crippen LogP contribution is 2.34. The molecule has 0 bridgehead atoms. The van der Waals surface area contributed by atoms with Crippen molar-refractivity contribution in [2.45, 2.75) is 31.5 Å². The standard InChI is InChI=1S/C13H14BFN2O5/c15-8-4-3-7-6-9(17-10(18)2-1-5-16)14(21)22-12(7)11(8)13(19)20/h3-4,9,13,19-21H,1-2,6H2,(H,17,18)/t9-/m0/s1. The van der Waals surface area contributed by atoms with Crippen LogP contribution in [-0.2, 0) is 11.2 Å². The Bertz CT molecular complexity index is 619. The third-order valence-corrected chi connectivity index (χ3v) is 3.32. The van der Waals surface area contributed by atoms with Crippen LogP contribution in [0.2, 0.25) is 0 Å². The van der Waals surface area contributed by atoms with Gasteiger partial charge >= 0.3 is 7.12 Å². The van der Waals surface area contributed by atoms with E-state index < -0.39 is 36.6 Å². The average molecular weight is 308 g/mol. The summed E-state index contributed by atoms with van der Waals surface area (Å²) in [5.74, 6) is -2.18. The molecule has 1 aromatic carbocycles. The first-order valence-electron chi connectivity index (χ1n) is 6.62. The van der Waals surface area contributed by atoms with E-state index in [9.17, 15) is 24.4 Å². The van der Waals surface area contributed by atoms with Crippen LogP contribution in [0, 0.1) is 17.1 Å². The Morgan fingerprint density at radius 1 is 1.59 bits per heavy atom. The van der Waals surface area contributed by atoms with Crippen LogP contribution in [0.25, 0.3) is 0 Å². The number of hydrogen-bond acceptors (Lipinski definition) is 6. The van der Waals surface area contributed by atoms with Gasteiger partial charge in [0, 0.05) is 12.8 Å². The summed E-state index contributed by atoms with van der Waals surface area (Å²) in [5.41, 5.74) is -0.0220. The number of aliphatic hydroxyl groups excluding tert-OH is 1. The molecule has 1 atom stereocenters. The maximum atomic E-state index is 13.6. The molecule has 1 aromatic rings. The van der Waals surface area contributed by atoms with Gasteiger partial charge in [0.2, 0.25) is 5.91 Å². The van der Waals surface area contributed by atoms with Gasteiger partial charge in [-0.3, -0.25) is 4.79 Å². The first kappa shape index (κ1) is 16.2. The maximum Gasteiger partial charge on any atom is 0.547 e. The van der Waals surface area contributed by atoms with Crippen LogP contribution in [0.3, 0.4) is 0 Å². The van der Waals surface area contributed by atoms with Crippen LogP contribution in [0.4, 0.5) is 4.39 Å². The molecule has 7 nitrogen and oxygen atoms in total. The summed E-state index contributed by atoms with van der Waals surface area (Å²) in [5, 5.41) is 39.3. The molecule has 0 unspecified atom stereocenters. The maximum absolute atomic E-state index is 13.6. The Hall–Kier alpha value is -2.15. The molecule has 1 amide bonds. The van der Waals surface area contributed by atoms with Gasteiger partial charge in [-0.05, 0) is 18.1 Å². The number of carbonyl (C=O) groups is 1. The smallest absolute Gasteiger partial charge is 0.534 e. The fourth-order valence-corrected chi connectivity index (χ4v) is 2.27. The quantitative estimate of drug-likeness (QED) is 0.441. The lowest BCUT2D eigenvalue weighted by Gasteiger charge is -2.30. The molecule has 9 heteroatoms. The number of nitrogens with one attached hydrogen (secondary N) is 1. The van der Waals surface area contributed by atoms with Gasteiger partial charge in [0.1, 0.15) is 11.6 Å². The minimum Gasteiger partial charge on any atom is -0.534 e. The van der Waals surface area contributed by atoms with Crippen molar-refractivity contribution in [1.29, 1.82) is 5.26 Å². The summed E-state index contributed by atoms with van der Waals surface area (Å²) in [6.07, 6.45) is -1.90. The Balaban J connectivity index is 2.19. The van der Waals surface area contributed by atoms with Crippen molar-refractivity contribution in [1.82, 2.24) is 5.32 Å². The number of aliphatic hydroxyl groups is 2. The van der Waals surface area contributed by atoms with Gasteiger partial charge in [-0.1, -0.05) is 6.07 Å². The molecule has 0 aliphatic carbocycles. The molecule has 0 spiro atoms. The molecular weight excluding hydrogens is 294 g/mol. The molecule has 22 heavy (non-hydrogen) atoms. The lowest BCUT2D eigenvalue weighted by atomic mass is 9.72. The van der Waals surface area contributed by atoms with E-state index in [0.717, 1.165) is 6.07 Å². The van der Waals surface area contributed by atoms with E-state index in [-0.39, 0.29) is 25.0 Å². The molecule has 0 saturated carbocycles. The normalized spacial score (nSPS) is 16.7. The Morgan fingerprint density at radius 3 is 2.95 bits per heavy atom. The topological polar surface area (TPSA) is 123 Å². The van der Waals surface area contributed by atoms with E-state index >= 15 is 0 Å². The number of carbonyl (C=O) groups excluding carboxylic acids is 1. The second kappa shape index (κ2) is 6.74. The number of rotatable bonds is 4. The Kier molecular flexibility index (Phi) is 4.97. The molecule has 0 fully saturated rings. The van der Waals surface area contributed by atoms with E-state index in [2.05, 4.69) is 5.32 Å². The zero-order chi connectivity index (χ0) is 16.3. The highest BCUT2D eigenvalue weighted by Gasteiger charge is 2.38. The molecule has 1 aliphatic rings. The highest BCUT2D eigenvalue weighted by molar-refractivity contribution is 6.46. The third-order valence-electron chi connectivity index (χ3n) is 3.32. The lowest BCUT2D eigenvalue weighted by Crippen LogP contribution is -2.53. The van der Waals surface area contributed by atoms with Crippen molar-refractivity contribution in [3.63, 3.8) is 0 Å². The predicted octanol–water partition coefficient (Wildman–Crippen LogP) is -0.448. The fourth-order valence-electron chi connectivity index (χ4n) is 2.27. The minimum absolute atomic E-state index is 0.00337. The number of halogens is 1. The van der Waals surface area contributed by atoms with Crippen molar-refractivity contribution >= 4 is 13.0 Å². The van der Waals surface area contributed by atoms with Crippen LogP contribution in [0.15, 0.2) is 12.1 Å². The van der Waals surface area contributed by atoms with Crippen molar-refractivity contribution in [3.05, 3.63) is 29.1 Å². The number of hydrogen-bond donors (Lipinski definition) is 4. The Labute approximate surface area is 126 Å². The lowest BCUT2D eigenvalue weighted by molar-refractivity contribution is -0.121. The zero-order valence-corrected chi connectivity index (χ0v) is 11.5. The van der Waals surface area contributed by atoms with E-state index in [1.807, 2.05) is 6.07 Å². The summed E-state index contributed by atoms with van der Waals surface area (Å²) < 4.78 is 18.8. The van der Waals surface area contributed by atoms with Gasteiger partial charge in [0.15, 0.2) is 6.29 Å². The van der Waals surface area contributed by atoms with Gasteiger partial charge in [-0.15, -0.1) is 0 Å². The monoisotopic (exact) mass is 308 g/mol. The van der Waals surface area contributed by atoms with Crippen LogP contribution in [0.5, 0.6) is 5.75 Å². The summed E-state index contributed by atoms with van der Waals surface area (Å²) in [7, 11) is -1.46. The van der Waals surface area contributed by atoms with Gasteiger partial charge in [0.05, 0.1) is 17.6 Å². The number of nitrogens with zero attached hydrogens (tertiary/aromatic N) is 1. The summed E-state index contributed by atoms with van der Waals surface area (Å²) in [6.45, 7) is 0. The van der Waals surface area contributed by atoms with Crippen molar-refractivity contribution in [2.75, 3.05) is 0 Å². The van der Waals surface area contributed by atoms with E-state index in [0.29, 0.717) is 5.56 Å². The summed E-state index contributed by atoms with van der Waals surface area (Å²) >= 11 is 0. The molecule has 0 aromatic heterocycles. The molecule has 0 saturated heterocycles. The number of amides is 1. The van der Waals surface area contributed by atoms with E-state index in [1.165, 1.54) is 6.07 Å². The number of benzene rings is 1. The van der Waals surface area contributed by atoms with Crippen LogP contribution in [-0.4, -0.2) is 34.2 Å². The van der Waals surface area contributed by atoms with Gasteiger partial charge < -0.3 is 25.2 Å². The Morgan fingerprint density at radius 2 is 2.32 bits per heavy atom. The molecule has 4 N–H and O–H groups in total. The number of nitriles is 1. The molecule has 2 rings (SSSR count). The minimum atomic E-state index is -2.08. The second-order valence-electron chi connectivity index (χ2n) is 4.87. The van der Waals surface area contributed by atoms with Gasteiger partial charge in [-0.2, -0.15) is 5.26 Å². The second-order valence-corrected chi connectivity index (χ2v) is 4.87. The molecule has 116 valence electrons. The first-order chi connectivity index (χ1) is 10.4. The first-order valence-corrected chi connectivity index (χ1v) is 6.62. The van der Waals surface area contributed by atoms with Crippen molar-refractivity contribution < 1.29 is 29.1 Å². The van der Waals surface area contributed by atoms with Gasteiger partial charge in [0.25, 0.3) is 0 Å². The molecule has 0 radical (unpaired) electrons. The van der Waals surface area contributed by atoms with Crippen molar-refractivity contribution in [3.8, 4) is 11.8 Å². The molecule has 1 aliphatic heterocycles. The average Bonchev–Trinajstić information content (AvgIpc) is 2.45. The third kappa shape index (κ3) is 3.36. The SMILES string of the molecule is N#CCCC(=O)N[C@H]1Cc2ccc(F)c(C(O)O)c2OB1O. The van der Waals surface area contributed by atoms with Crippen LogP contribution >= 0.6 is 0 Å². The van der Waals surface area contributed by atoms with Gasteiger partial charge in [-0.25, -0.2) is 4.39 Å². The van der Waals surface area contributed by atoms with Crippen LogP contribution in [0.1, 0.15) is 30.3 Å². The largest absolute Gasteiger partial charge is 0.547 e. The van der Waals surface area contributed by atoms with E-state index in [4.69, 9.17) is 9.92 Å². The predicted molar refractivity (Wildman–Crippen MR) is 72.7 cm³/mol. The van der Waals surface area contributed by atoms with E-state index in [1.54, 1.807) is 0 Å². The van der Waals surface area contributed by atoms with Crippen molar-refractivity contribution in [2.24, 2.45) is 0 Å². The summed E-state index contributed by atoms with van der Waals surface area (Å²) in [4.78, 5) is 11.6. The molecule has 1 heterocycles. The molecular formula is C13H14BFN2O5. The summed E-state index contributed by atoms with van der Waals surface area (Å²) in [6, 6.07) is 4.28. The zero-order valence-electron chi connectivity index (χ0n) is 11.5. The number of fused-ring (bicyclic) bond motifs is 1.